The number of urea groups is 1. The monoisotopic (exact) mass is 472 g/mol. The van der Waals surface area contributed by atoms with E-state index in [4.69, 9.17) is 25.8 Å². The summed E-state index contributed by atoms with van der Waals surface area (Å²) in [6.07, 6.45) is 1.22. The summed E-state index contributed by atoms with van der Waals surface area (Å²) < 4.78 is 16.9. The third kappa shape index (κ3) is 5.28. The third-order valence-corrected chi connectivity index (χ3v) is 4.78. The van der Waals surface area contributed by atoms with Crippen molar-refractivity contribution in [2.75, 3.05) is 18.1 Å². The van der Waals surface area contributed by atoms with Crippen LogP contribution in [0.5, 0.6) is 17.2 Å². The van der Waals surface area contributed by atoms with E-state index in [0.29, 0.717) is 36.0 Å². The summed E-state index contributed by atoms with van der Waals surface area (Å²) in [4.78, 5) is 39.2. The van der Waals surface area contributed by atoms with Gasteiger partial charge in [-0.25, -0.2) is 9.69 Å². The van der Waals surface area contributed by atoms with Gasteiger partial charge in [0.15, 0.2) is 11.5 Å². The highest BCUT2D eigenvalue weighted by atomic mass is 35.5. The van der Waals surface area contributed by atoms with Crippen molar-refractivity contribution in [1.29, 1.82) is 0 Å². The molecule has 33 heavy (non-hydrogen) atoms. The fourth-order valence-electron chi connectivity index (χ4n) is 3.25. The van der Waals surface area contributed by atoms with Crippen molar-refractivity contribution in [2.45, 2.75) is 33.8 Å². The number of benzene rings is 2. The van der Waals surface area contributed by atoms with Gasteiger partial charge in [-0.05, 0) is 63.6 Å². The lowest BCUT2D eigenvalue weighted by Gasteiger charge is -2.27. The number of nitrogens with zero attached hydrogens (tertiary/aromatic N) is 1. The zero-order valence-corrected chi connectivity index (χ0v) is 19.6. The van der Waals surface area contributed by atoms with Gasteiger partial charge in [0.2, 0.25) is 0 Å². The number of amides is 4. The summed E-state index contributed by atoms with van der Waals surface area (Å²) in [5, 5.41) is 2.47. The molecule has 8 nitrogen and oxygen atoms in total. The van der Waals surface area contributed by atoms with Gasteiger partial charge in [0.05, 0.1) is 30.0 Å². The van der Waals surface area contributed by atoms with Crippen LogP contribution in [-0.2, 0) is 9.59 Å². The van der Waals surface area contributed by atoms with Gasteiger partial charge in [-0.2, -0.15) is 0 Å². The standard InChI is InChI=1S/C24H25ClN2O6/c1-5-31-19-10-8-7-9-18(19)27-23(29)16(22(28)26-24(27)30)11-15-12-17(25)21(33-14(3)4)20(13-15)32-6-2/h7-14H,5-6H2,1-4H3,(H,26,28,30)/b16-11+. The second kappa shape index (κ2) is 10.4. The predicted octanol–water partition coefficient (Wildman–Crippen LogP) is 4.59. The number of rotatable bonds is 8. The lowest BCUT2D eigenvalue weighted by Crippen LogP contribution is -2.54. The molecule has 1 saturated heterocycles. The number of barbiturate groups is 1. The quantitative estimate of drug-likeness (QED) is 0.446. The predicted molar refractivity (Wildman–Crippen MR) is 125 cm³/mol. The highest BCUT2D eigenvalue weighted by Gasteiger charge is 2.38. The molecule has 3 rings (SSSR count). The minimum absolute atomic E-state index is 0.137. The molecule has 0 saturated carbocycles. The maximum Gasteiger partial charge on any atom is 0.336 e. The summed E-state index contributed by atoms with van der Waals surface area (Å²) in [5.41, 5.74) is 0.427. The van der Waals surface area contributed by atoms with Crippen LogP contribution in [0.15, 0.2) is 42.0 Å². The first-order valence-electron chi connectivity index (χ1n) is 10.5. The average Bonchev–Trinajstić information content (AvgIpc) is 2.75. The molecule has 0 aromatic heterocycles. The smallest absolute Gasteiger partial charge is 0.336 e. The fourth-order valence-corrected chi connectivity index (χ4v) is 3.51. The third-order valence-electron chi connectivity index (χ3n) is 4.50. The molecular formula is C24H25ClN2O6. The maximum absolute atomic E-state index is 13.2. The Morgan fingerprint density at radius 3 is 2.36 bits per heavy atom. The van der Waals surface area contributed by atoms with E-state index in [9.17, 15) is 14.4 Å². The van der Waals surface area contributed by atoms with Crippen LogP contribution in [0.2, 0.25) is 5.02 Å². The number of carbonyl (C=O) groups is 3. The Balaban J connectivity index is 2.05. The molecular weight excluding hydrogens is 448 g/mol. The molecule has 1 N–H and O–H groups in total. The summed E-state index contributed by atoms with van der Waals surface area (Å²) in [7, 11) is 0. The first kappa shape index (κ1) is 24.1. The zero-order valence-electron chi connectivity index (χ0n) is 18.8. The number of anilines is 1. The van der Waals surface area contributed by atoms with Gasteiger partial charge in [-0.3, -0.25) is 14.9 Å². The molecule has 0 spiro atoms. The van der Waals surface area contributed by atoms with E-state index in [1.54, 1.807) is 43.3 Å². The number of imide groups is 2. The fraction of sp³-hybridized carbons (Fsp3) is 0.292. The Bertz CT molecular complexity index is 1110. The number of para-hydroxylation sites is 2. The van der Waals surface area contributed by atoms with Gasteiger partial charge in [0.25, 0.3) is 11.8 Å². The van der Waals surface area contributed by atoms with E-state index in [1.807, 2.05) is 20.8 Å². The molecule has 0 unspecified atom stereocenters. The Hall–Kier alpha value is -3.52. The number of nitrogens with one attached hydrogen (secondary N) is 1. The van der Waals surface area contributed by atoms with Crippen LogP contribution in [0.4, 0.5) is 10.5 Å². The topological polar surface area (TPSA) is 94.2 Å². The molecule has 0 aliphatic carbocycles. The van der Waals surface area contributed by atoms with E-state index in [1.165, 1.54) is 6.08 Å². The van der Waals surface area contributed by atoms with Gasteiger partial charge < -0.3 is 14.2 Å². The van der Waals surface area contributed by atoms with Crippen LogP contribution < -0.4 is 24.4 Å². The summed E-state index contributed by atoms with van der Waals surface area (Å²) in [6, 6.07) is 8.92. The van der Waals surface area contributed by atoms with Crippen molar-refractivity contribution in [1.82, 2.24) is 5.32 Å². The van der Waals surface area contributed by atoms with Crippen molar-refractivity contribution in [2.24, 2.45) is 0 Å². The molecule has 2 aromatic rings. The molecule has 174 valence electrons. The Kier molecular flexibility index (Phi) is 7.60. The number of ether oxygens (including phenoxy) is 3. The van der Waals surface area contributed by atoms with Gasteiger partial charge in [-0.15, -0.1) is 0 Å². The summed E-state index contributed by atoms with van der Waals surface area (Å²) >= 11 is 6.41. The average molecular weight is 473 g/mol. The van der Waals surface area contributed by atoms with Gasteiger partial charge in [0.1, 0.15) is 11.3 Å². The van der Waals surface area contributed by atoms with Crippen LogP contribution in [0.3, 0.4) is 0 Å². The lowest BCUT2D eigenvalue weighted by atomic mass is 10.1. The molecule has 1 heterocycles. The summed E-state index contributed by atoms with van der Waals surface area (Å²) in [6.45, 7) is 8.02. The molecule has 2 aromatic carbocycles. The van der Waals surface area contributed by atoms with Crippen LogP contribution >= 0.6 is 11.6 Å². The highest BCUT2D eigenvalue weighted by Crippen LogP contribution is 2.38. The Labute approximate surface area is 197 Å². The zero-order chi connectivity index (χ0) is 24.1. The molecule has 1 fully saturated rings. The normalized spacial score (nSPS) is 15.2. The Morgan fingerprint density at radius 1 is 1.03 bits per heavy atom. The molecule has 1 aliphatic rings. The van der Waals surface area contributed by atoms with E-state index in [-0.39, 0.29) is 22.4 Å². The van der Waals surface area contributed by atoms with Crippen molar-refractivity contribution < 1.29 is 28.6 Å². The van der Waals surface area contributed by atoms with E-state index < -0.39 is 17.8 Å². The number of hydrogen-bond donors (Lipinski definition) is 1. The number of hydrogen-bond acceptors (Lipinski definition) is 6. The maximum atomic E-state index is 13.2. The molecule has 1 aliphatic heterocycles. The second-order valence-electron chi connectivity index (χ2n) is 7.29. The van der Waals surface area contributed by atoms with Crippen LogP contribution in [-0.4, -0.2) is 37.2 Å². The molecule has 9 heteroatoms. The molecule has 0 atom stereocenters. The molecule has 0 bridgehead atoms. The van der Waals surface area contributed by atoms with Crippen LogP contribution in [0.25, 0.3) is 6.08 Å². The minimum Gasteiger partial charge on any atom is -0.492 e. The SMILES string of the molecule is CCOc1ccccc1N1C(=O)NC(=O)/C(=C\c2cc(Cl)c(OC(C)C)c(OCC)c2)C1=O. The van der Waals surface area contributed by atoms with Crippen molar-refractivity contribution in [3.05, 3.63) is 52.6 Å². The van der Waals surface area contributed by atoms with Crippen LogP contribution in [0.1, 0.15) is 33.3 Å². The lowest BCUT2D eigenvalue weighted by molar-refractivity contribution is -0.122. The van der Waals surface area contributed by atoms with Gasteiger partial charge in [0, 0.05) is 0 Å². The number of halogens is 1. The van der Waals surface area contributed by atoms with E-state index in [0.717, 1.165) is 4.90 Å². The van der Waals surface area contributed by atoms with Crippen molar-refractivity contribution in [3.63, 3.8) is 0 Å². The van der Waals surface area contributed by atoms with E-state index in [2.05, 4.69) is 5.32 Å². The number of carbonyl (C=O) groups excluding carboxylic acids is 3. The van der Waals surface area contributed by atoms with Crippen molar-refractivity contribution >= 4 is 41.2 Å². The highest BCUT2D eigenvalue weighted by molar-refractivity contribution is 6.39. The first-order valence-corrected chi connectivity index (χ1v) is 10.9. The van der Waals surface area contributed by atoms with Gasteiger partial charge in [-0.1, -0.05) is 23.7 Å². The molecule has 0 radical (unpaired) electrons. The van der Waals surface area contributed by atoms with Crippen molar-refractivity contribution in [3.8, 4) is 17.2 Å². The minimum atomic E-state index is -0.858. The summed E-state index contributed by atoms with van der Waals surface area (Å²) in [5.74, 6) is -0.505. The van der Waals surface area contributed by atoms with Crippen LogP contribution in [0, 0.1) is 0 Å². The van der Waals surface area contributed by atoms with E-state index >= 15 is 0 Å². The van der Waals surface area contributed by atoms with Gasteiger partial charge >= 0.3 is 6.03 Å². The largest absolute Gasteiger partial charge is 0.492 e. The molecule has 4 amide bonds. The first-order chi connectivity index (χ1) is 15.8. The second-order valence-corrected chi connectivity index (χ2v) is 7.70. The Morgan fingerprint density at radius 2 is 1.70 bits per heavy atom.